The van der Waals surface area contributed by atoms with E-state index in [1.807, 2.05) is 12.1 Å². The normalized spacial score (nSPS) is 11.9. The third-order valence-electron chi connectivity index (χ3n) is 5.67. The summed E-state index contributed by atoms with van der Waals surface area (Å²) in [5.74, 6) is -1.11. The molecule has 0 radical (unpaired) electrons. The Bertz CT molecular complexity index is 1500. The van der Waals surface area contributed by atoms with Crippen molar-refractivity contribution in [2.45, 2.75) is 23.9 Å². The van der Waals surface area contributed by atoms with Gasteiger partial charge in [0.2, 0.25) is 10.0 Å². The number of hydrogen-bond acceptors (Lipinski definition) is 5. The number of rotatable bonds is 10. The van der Waals surface area contributed by atoms with Crippen molar-refractivity contribution in [1.82, 2.24) is 15.0 Å². The molecule has 1 heterocycles. The molecule has 38 heavy (non-hydrogen) atoms. The molecule has 0 bridgehead atoms. The van der Waals surface area contributed by atoms with Crippen LogP contribution < -0.4 is 15.4 Å². The molecule has 4 rings (SSSR count). The summed E-state index contributed by atoms with van der Waals surface area (Å²) in [6.45, 7) is 0.334. The Kier molecular flexibility index (Phi) is 8.47. The molecule has 10 heteroatoms. The number of benzene rings is 3. The standard InChI is InChI=1S/C28H26N4O5S/c33-27(34)17-26(22-7-2-1-3-8-22)32-38(36,37)25-13-11-21(12-14-25)23-9-4-10-24(16-23)31-28(35)30-19-20-6-5-15-29-18-20/h1-16,18,26,32H,17,19H2,(H,33,34)(H2,30,31,35). The Labute approximate surface area is 220 Å². The van der Waals surface area contributed by atoms with Gasteiger partial charge in [0.25, 0.3) is 0 Å². The number of aromatic nitrogens is 1. The molecule has 1 unspecified atom stereocenters. The molecule has 0 aliphatic heterocycles. The topological polar surface area (TPSA) is 137 Å². The zero-order chi connectivity index (χ0) is 27.0. The van der Waals surface area contributed by atoms with Gasteiger partial charge < -0.3 is 15.7 Å². The molecular formula is C28H26N4O5S. The number of carbonyl (C=O) groups is 2. The van der Waals surface area contributed by atoms with E-state index < -0.39 is 28.5 Å². The van der Waals surface area contributed by atoms with Crippen molar-refractivity contribution in [1.29, 1.82) is 0 Å². The monoisotopic (exact) mass is 530 g/mol. The van der Waals surface area contributed by atoms with Crippen molar-refractivity contribution in [3.8, 4) is 11.1 Å². The Morgan fingerprint density at radius 1 is 0.868 bits per heavy atom. The number of urea groups is 1. The number of anilines is 1. The number of carbonyl (C=O) groups excluding carboxylic acids is 1. The zero-order valence-electron chi connectivity index (χ0n) is 20.2. The minimum atomic E-state index is -3.99. The van der Waals surface area contributed by atoms with Crippen molar-refractivity contribution >= 4 is 27.7 Å². The summed E-state index contributed by atoms with van der Waals surface area (Å²) >= 11 is 0. The number of pyridine rings is 1. The number of amides is 2. The average molecular weight is 531 g/mol. The summed E-state index contributed by atoms with van der Waals surface area (Å²) in [6, 6.07) is 24.4. The number of carboxylic acids is 1. The van der Waals surface area contributed by atoms with Gasteiger partial charge >= 0.3 is 12.0 Å². The Balaban J connectivity index is 1.44. The van der Waals surface area contributed by atoms with Crippen LogP contribution in [0.25, 0.3) is 11.1 Å². The summed E-state index contributed by atoms with van der Waals surface area (Å²) in [6.07, 6.45) is 2.94. The van der Waals surface area contributed by atoms with Crippen molar-refractivity contribution in [3.05, 3.63) is 115 Å². The fourth-order valence-electron chi connectivity index (χ4n) is 3.81. The third kappa shape index (κ3) is 7.25. The highest BCUT2D eigenvalue weighted by atomic mass is 32.2. The van der Waals surface area contributed by atoms with Crippen LogP contribution in [0.15, 0.2) is 108 Å². The molecule has 3 aromatic carbocycles. The largest absolute Gasteiger partial charge is 0.481 e. The smallest absolute Gasteiger partial charge is 0.319 e. The predicted octanol–water partition coefficient (Wildman–Crippen LogP) is 4.56. The lowest BCUT2D eigenvalue weighted by Gasteiger charge is -2.18. The van der Waals surface area contributed by atoms with E-state index >= 15 is 0 Å². The molecule has 1 atom stereocenters. The van der Waals surface area contributed by atoms with Crippen molar-refractivity contribution in [3.63, 3.8) is 0 Å². The summed E-state index contributed by atoms with van der Waals surface area (Å²) in [5, 5.41) is 14.8. The molecule has 4 aromatic rings. The molecule has 4 N–H and O–H groups in total. The van der Waals surface area contributed by atoms with Crippen LogP contribution in [0.1, 0.15) is 23.6 Å². The molecule has 1 aromatic heterocycles. The summed E-state index contributed by atoms with van der Waals surface area (Å²) in [4.78, 5) is 27.7. The second kappa shape index (κ2) is 12.1. The zero-order valence-corrected chi connectivity index (χ0v) is 21.1. The number of hydrogen-bond donors (Lipinski definition) is 4. The molecule has 0 saturated carbocycles. The molecule has 0 saturated heterocycles. The second-order valence-corrected chi connectivity index (χ2v) is 10.2. The minimum absolute atomic E-state index is 0.0108. The van der Waals surface area contributed by atoms with Crippen LogP contribution in [0, 0.1) is 0 Å². The van der Waals surface area contributed by atoms with E-state index in [2.05, 4.69) is 20.3 Å². The lowest BCUT2D eigenvalue weighted by Crippen LogP contribution is -2.30. The van der Waals surface area contributed by atoms with Gasteiger partial charge in [-0.25, -0.2) is 17.9 Å². The number of carboxylic acid groups (broad SMARTS) is 1. The molecule has 2 amide bonds. The Hall–Kier alpha value is -4.54. The summed E-state index contributed by atoms with van der Waals surface area (Å²) in [5.41, 5.74) is 3.53. The number of nitrogens with zero attached hydrogens (tertiary/aromatic N) is 1. The molecule has 0 fully saturated rings. The first-order chi connectivity index (χ1) is 18.3. The third-order valence-corrected chi connectivity index (χ3v) is 7.16. The SMILES string of the molecule is O=C(O)CC(NS(=O)(=O)c1ccc(-c2cccc(NC(=O)NCc3cccnc3)c2)cc1)c1ccccc1. The lowest BCUT2D eigenvalue weighted by molar-refractivity contribution is -0.137. The van der Waals surface area contributed by atoms with Crippen LogP contribution in [-0.4, -0.2) is 30.5 Å². The molecule has 0 aliphatic carbocycles. The Morgan fingerprint density at radius 3 is 2.32 bits per heavy atom. The highest BCUT2D eigenvalue weighted by molar-refractivity contribution is 7.89. The fraction of sp³-hybridized carbons (Fsp3) is 0.107. The minimum Gasteiger partial charge on any atom is -0.481 e. The summed E-state index contributed by atoms with van der Waals surface area (Å²) in [7, 11) is -3.99. The van der Waals surface area contributed by atoms with Crippen LogP contribution in [0.2, 0.25) is 0 Å². The van der Waals surface area contributed by atoms with Gasteiger partial charge in [-0.15, -0.1) is 0 Å². The van der Waals surface area contributed by atoms with Crippen LogP contribution in [0.3, 0.4) is 0 Å². The van der Waals surface area contributed by atoms with Crippen molar-refractivity contribution in [2.75, 3.05) is 5.32 Å². The Morgan fingerprint density at radius 2 is 1.63 bits per heavy atom. The van der Waals surface area contributed by atoms with E-state index in [0.717, 1.165) is 16.7 Å². The van der Waals surface area contributed by atoms with Crippen LogP contribution in [0.4, 0.5) is 10.5 Å². The van der Waals surface area contributed by atoms with Crippen LogP contribution >= 0.6 is 0 Å². The van der Waals surface area contributed by atoms with Crippen LogP contribution in [-0.2, 0) is 21.4 Å². The van der Waals surface area contributed by atoms with Gasteiger partial charge in [0.05, 0.1) is 17.4 Å². The van der Waals surface area contributed by atoms with E-state index in [4.69, 9.17) is 0 Å². The summed E-state index contributed by atoms with van der Waals surface area (Å²) < 4.78 is 28.5. The average Bonchev–Trinajstić information content (AvgIpc) is 2.92. The maximum atomic E-state index is 13.0. The van der Waals surface area contributed by atoms with Gasteiger partial charge in [0, 0.05) is 24.6 Å². The second-order valence-electron chi connectivity index (χ2n) is 8.46. The molecular weight excluding hydrogens is 504 g/mol. The number of sulfonamides is 1. The highest BCUT2D eigenvalue weighted by Crippen LogP contribution is 2.26. The predicted molar refractivity (Wildman–Crippen MR) is 144 cm³/mol. The van der Waals surface area contributed by atoms with E-state index in [9.17, 15) is 23.1 Å². The van der Waals surface area contributed by atoms with Gasteiger partial charge in [-0.1, -0.05) is 60.7 Å². The molecule has 0 aliphatic rings. The maximum Gasteiger partial charge on any atom is 0.319 e. The molecule has 9 nitrogen and oxygen atoms in total. The van der Waals surface area contributed by atoms with E-state index in [1.54, 1.807) is 79.1 Å². The van der Waals surface area contributed by atoms with Gasteiger partial charge in [-0.2, -0.15) is 0 Å². The lowest BCUT2D eigenvalue weighted by atomic mass is 10.1. The van der Waals surface area contributed by atoms with E-state index in [-0.39, 0.29) is 10.9 Å². The highest BCUT2D eigenvalue weighted by Gasteiger charge is 2.23. The fourth-order valence-corrected chi connectivity index (χ4v) is 5.03. The molecule has 0 spiro atoms. The first kappa shape index (κ1) is 26.5. The van der Waals surface area contributed by atoms with Crippen molar-refractivity contribution in [2.24, 2.45) is 0 Å². The van der Waals surface area contributed by atoms with Gasteiger partial charge in [-0.3, -0.25) is 9.78 Å². The molecule has 194 valence electrons. The van der Waals surface area contributed by atoms with Gasteiger partial charge in [0.15, 0.2) is 0 Å². The quantitative estimate of drug-likeness (QED) is 0.237. The number of aliphatic carboxylic acids is 1. The maximum absolute atomic E-state index is 13.0. The van der Waals surface area contributed by atoms with E-state index in [0.29, 0.717) is 17.8 Å². The van der Waals surface area contributed by atoms with Crippen LogP contribution in [0.5, 0.6) is 0 Å². The van der Waals surface area contributed by atoms with Gasteiger partial charge in [0.1, 0.15) is 0 Å². The first-order valence-electron chi connectivity index (χ1n) is 11.7. The van der Waals surface area contributed by atoms with Gasteiger partial charge in [-0.05, 0) is 52.6 Å². The first-order valence-corrected chi connectivity index (χ1v) is 13.2. The van der Waals surface area contributed by atoms with E-state index in [1.165, 1.54) is 12.1 Å². The van der Waals surface area contributed by atoms with Crippen molar-refractivity contribution < 1.29 is 23.1 Å². The number of nitrogens with one attached hydrogen (secondary N) is 3.